The number of hydrogen-bond acceptors (Lipinski definition) is 5. The lowest BCUT2D eigenvalue weighted by Crippen LogP contribution is -2.34. The lowest BCUT2D eigenvalue weighted by molar-refractivity contribution is -0.125. The third-order valence-corrected chi connectivity index (χ3v) is 2.79. The highest BCUT2D eigenvalue weighted by molar-refractivity contribution is 5.79. The predicted octanol–water partition coefficient (Wildman–Crippen LogP) is 0.111. The number of primary amides is 1. The van der Waals surface area contributed by atoms with E-state index in [9.17, 15) is 9.90 Å². The molecule has 4 N–H and O–H groups in total. The van der Waals surface area contributed by atoms with Gasteiger partial charge >= 0.3 is 0 Å². The monoisotopic (exact) mass is 263 g/mol. The summed E-state index contributed by atoms with van der Waals surface area (Å²) >= 11 is 0. The Morgan fingerprint density at radius 1 is 1.58 bits per heavy atom. The van der Waals surface area contributed by atoms with Crippen molar-refractivity contribution in [3.8, 4) is 0 Å². The van der Waals surface area contributed by atoms with Crippen molar-refractivity contribution in [2.24, 2.45) is 5.73 Å². The van der Waals surface area contributed by atoms with Crippen molar-refractivity contribution in [2.75, 3.05) is 11.9 Å². The zero-order valence-electron chi connectivity index (χ0n) is 10.9. The Balaban J connectivity index is 2.25. The number of fused-ring (bicyclic) bond motifs is 1. The summed E-state index contributed by atoms with van der Waals surface area (Å²) in [5.74, 6) is 0.0991. The molecule has 7 nitrogen and oxygen atoms in total. The van der Waals surface area contributed by atoms with E-state index in [0.717, 1.165) is 11.2 Å². The van der Waals surface area contributed by atoms with Crippen molar-refractivity contribution in [3.05, 3.63) is 24.2 Å². The first kappa shape index (κ1) is 13.3. The number of aromatic nitrogens is 3. The summed E-state index contributed by atoms with van der Waals surface area (Å²) in [5.41, 5.74) is 6.73. The first-order chi connectivity index (χ1) is 8.99. The van der Waals surface area contributed by atoms with Crippen LogP contribution in [-0.2, 0) is 4.79 Å². The SMILES string of the molecule is CC(C)c1cc2c(NCC(O)C(N)=O)nccn2n1. The van der Waals surface area contributed by atoms with Gasteiger partial charge in [0, 0.05) is 12.4 Å². The summed E-state index contributed by atoms with van der Waals surface area (Å²) in [7, 11) is 0. The van der Waals surface area contributed by atoms with Crippen molar-refractivity contribution >= 4 is 17.2 Å². The fourth-order valence-electron chi connectivity index (χ4n) is 1.65. The molecular formula is C12H17N5O2. The number of nitrogens with two attached hydrogens (primary N) is 1. The lowest BCUT2D eigenvalue weighted by atomic mass is 10.1. The molecule has 0 fully saturated rings. The molecule has 0 aliphatic rings. The average Bonchev–Trinajstić information content (AvgIpc) is 2.80. The van der Waals surface area contributed by atoms with Gasteiger partial charge in [-0.05, 0) is 12.0 Å². The van der Waals surface area contributed by atoms with Crippen LogP contribution >= 0.6 is 0 Å². The first-order valence-electron chi connectivity index (χ1n) is 6.04. The molecule has 0 aromatic carbocycles. The van der Waals surface area contributed by atoms with E-state index in [1.54, 1.807) is 16.9 Å². The highest BCUT2D eigenvalue weighted by atomic mass is 16.3. The smallest absolute Gasteiger partial charge is 0.248 e. The summed E-state index contributed by atoms with van der Waals surface area (Å²) in [6.07, 6.45) is 2.11. The molecule has 7 heteroatoms. The van der Waals surface area contributed by atoms with E-state index >= 15 is 0 Å². The Morgan fingerprint density at radius 3 is 2.95 bits per heavy atom. The zero-order chi connectivity index (χ0) is 14.0. The minimum Gasteiger partial charge on any atom is -0.381 e. The molecule has 1 unspecified atom stereocenters. The van der Waals surface area contributed by atoms with Crippen LogP contribution in [0, 0.1) is 0 Å². The number of amides is 1. The molecule has 1 atom stereocenters. The van der Waals surface area contributed by atoms with E-state index in [-0.39, 0.29) is 6.54 Å². The maximum Gasteiger partial charge on any atom is 0.248 e. The lowest BCUT2D eigenvalue weighted by Gasteiger charge is -2.09. The van der Waals surface area contributed by atoms with Gasteiger partial charge in [-0.25, -0.2) is 9.50 Å². The Bertz CT molecular complexity index is 593. The molecule has 1 amide bonds. The standard InChI is InChI=1S/C12H17N5O2/c1-7(2)8-5-9-12(14-3-4-17(9)16-8)15-6-10(18)11(13)19/h3-5,7,10,18H,6H2,1-2H3,(H2,13,19)(H,14,15). The van der Waals surface area contributed by atoms with Crippen molar-refractivity contribution in [1.82, 2.24) is 14.6 Å². The van der Waals surface area contributed by atoms with Crippen LogP contribution < -0.4 is 11.1 Å². The number of nitrogens with zero attached hydrogens (tertiary/aromatic N) is 3. The van der Waals surface area contributed by atoms with Crippen LogP contribution in [0.4, 0.5) is 5.82 Å². The minimum absolute atomic E-state index is 0.0181. The fourth-order valence-corrected chi connectivity index (χ4v) is 1.65. The topological polar surface area (TPSA) is 106 Å². The molecule has 2 rings (SSSR count). The number of carbonyl (C=O) groups is 1. The third-order valence-electron chi connectivity index (χ3n) is 2.79. The van der Waals surface area contributed by atoms with Gasteiger partial charge in [0.15, 0.2) is 5.82 Å². The summed E-state index contributed by atoms with van der Waals surface area (Å²) in [5, 5.41) is 16.7. The fraction of sp³-hybridized carbons (Fsp3) is 0.417. The number of anilines is 1. The zero-order valence-corrected chi connectivity index (χ0v) is 10.9. The van der Waals surface area contributed by atoms with Crippen molar-refractivity contribution in [1.29, 1.82) is 0 Å². The van der Waals surface area contributed by atoms with Gasteiger partial charge in [0.05, 0.1) is 12.2 Å². The second-order valence-electron chi connectivity index (χ2n) is 4.63. The van der Waals surface area contributed by atoms with Crippen LogP contribution in [-0.4, -0.2) is 38.3 Å². The van der Waals surface area contributed by atoms with Crippen LogP contribution in [0.15, 0.2) is 18.5 Å². The second kappa shape index (κ2) is 5.23. The van der Waals surface area contributed by atoms with Crippen LogP contribution in [0.25, 0.3) is 5.52 Å². The third kappa shape index (κ3) is 2.82. The second-order valence-corrected chi connectivity index (χ2v) is 4.63. The van der Waals surface area contributed by atoms with Gasteiger partial charge in [0.2, 0.25) is 5.91 Å². The molecule has 0 radical (unpaired) electrons. The Kier molecular flexibility index (Phi) is 3.66. The molecule has 0 aliphatic carbocycles. The molecular weight excluding hydrogens is 246 g/mol. The number of nitrogens with one attached hydrogen (secondary N) is 1. The van der Waals surface area contributed by atoms with Crippen LogP contribution in [0.2, 0.25) is 0 Å². The molecule has 0 bridgehead atoms. The molecule has 19 heavy (non-hydrogen) atoms. The van der Waals surface area contributed by atoms with Crippen LogP contribution in [0.3, 0.4) is 0 Å². The summed E-state index contributed by atoms with van der Waals surface area (Å²) in [6, 6.07) is 1.93. The Morgan fingerprint density at radius 2 is 2.32 bits per heavy atom. The van der Waals surface area contributed by atoms with E-state index in [2.05, 4.69) is 29.2 Å². The van der Waals surface area contributed by atoms with E-state index in [4.69, 9.17) is 5.73 Å². The molecule has 2 heterocycles. The molecule has 0 aliphatic heterocycles. The maximum absolute atomic E-state index is 10.8. The molecule has 2 aromatic heterocycles. The van der Waals surface area contributed by atoms with E-state index in [1.165, 1.54) is 0 Å². The van der Waals surface area contributed by atoms with Crippen LogP contribution in [0.5, 0.6) is 0 Å². The van der Waals surface area contributed by atoms with Crippen molar-refractivity contribution in [2.45, 2.75) is 25.9 Å². The van der Waals surface area contributed by atoms with Crippen molar-refractivity contribution in [3.63, 3.8) is 0 Å². The Hall–Kier alpha value is -2.15. The van der Waals surface area contributed by atoms with E-state index in [1.807, 2.05) is 6.07 Å². The number of rotatable bonds is 5. The van der Waals surface area contributed by atoms with Gasteiger partial charge in [0.1, 0.15) is 11.6 Å². The largest absolute Gasteiger partial charge is 0.381 e. The highest BCUT2D eigenvalue weighted by Gasteiger charge is 2.13. The van der Waals surface area contributed by atoms with Gasteiger partial charge < -0.3 is 16.2 Å². The Labute approximate surface area is 110 Å². The van der Waals surface area contributed by atoms with Gasteiger partial charge in [-0.2, -0.15) is 5.10 Å². The molecule has 0 saturated carbocycles. The van der Waals surface area contributed by atoms with E-state index < -0.39 is 12.0 Å². The molecule has 0 spiro atoms. The summed E-state index contributed by atoms with van der Waals surface area (Å²) in [4.78, 5) is 14.9. The predicted molar refractivity (Wildman–Crippen MR) is 70.8 cm³/mol. The summed E-state index contributed by atoms with van der Waals surface area (Å²) in [6.45, 7) is 4.13. The molecule has 102 valence electrons. The molecule has 2 aromatic rings. The first-order valence-corrected chi connectivity index (χ1v) is 6.04. The van der Waals surface area contributed by atoms with Gasteiger partial charge in [-0.15, -0.1) is 0 Å². The van der Waals surface area contributed by atoms with Crippen molar-refractivity contribution < 1.29 is 9.90 Å². The number of aliphatic hydroxyl groups excluding tert-OH is 1. The quantitative estimate of drug-likeness (QED) is 0.710. The number of aliphatic hydroxyl groups is 1. The minimum atomic E-state index is -1.24. The van der Waals surface area contributed by atoms with Crippen LogP contribution in [0.1, 0.15) is 25.5 Å². The number of hydrogen-bond donors (Lipinski definition) is 3. The highest BCUT2D eigenvalue weighted by Crippen LogP contribution is 2.19. The van der Waals surface area contributed by atoms with Gasteiger partial charge in [-0.1, -0.05) is 13.8 Å². The van der Waals surface area contributed by atoms with Gasteiger partial charge in [0.25, 0.3) is 0 Å². The maximum atomic E-state index is 10.8. The number of carbonyl (C=O) groups excluding carboxylic acids is 1. The molecule has 0 saturated heterocycles. The van der Waals surface area contributed by atoms with Gasteiger partial charge in [-0.3, -0.25) is 4.79 Å². The summed E-state index contributed by atoms with van der Waals surface area (Å²) < 4.78 is 1.71. The average molecular weight is 263 g/mol. The van der Waals surface area contributed by atoms with E-state index in [0.29, 0.717) is 11.7 Å². The normalized spacial score (nSPS) is 12.8.